The Morgan fingerprint density at radius 3 is 2.80 bits per heavy atom. The molecule has 0 atom stereocenters. The molecule has 0 aromatic carbocycles. The summed E-state index contributed by atoms with van der Waals surface area (Å²) in [7, 11) is 0. The van der Waals surface area contributed by atoms with Crippen molar-refractivity contribution in [2.24, 2.45) is 5.73 Å². The molecular formula is C11H13N5O4. The minimum absolute atomic E-state index is 0.0649. The molecule has 0 spiro atoms. The molecule has 2 N–H and O–H groups in total. The predicted octanol–water partition coefficient (Wildman–Crippen LogP) is -0.285. The number of carbonyl (C=O) groups is 2. The van der Waals surface area contributed by atoms with Crippen molar-refractivity contribution in [3.05, 3.63) is 27.9 Å². The molecule has 0 unspecified atom stereocenters. The standard InChI is InChI=1S/C11H13N5O4/c1-2-14-6-15(5-9(14)17)11-8(10(12)18)3-7(4-13-11)16(19)20/h3-4H,2,5-6H2,1H3,(H2,12,18). The maximum atomic E-state index is 11.7. The van der Waals surface area contributed by atoms with E-state index in [2.05, 4.69) is 4.98 Å². The summed E-state index contributed by atoms with van der Waals surface area (Å²) in [5, 5.41) is 10.7. The zero-order valence-corrected chi connectivity index (χ0v) is 10.8. The van der Waals surface area contributed by atoms with Crippen LogP contribution in [-0.2, 0) is 4.79 Å². The number of primary amides is 1. The molecule has 0 radical (unpaired) electrons. The minimum atomic E-state index is -0.821. The largest absolute Gasteiger partial charge is 0.365 e. The van der Waals surface area contributed by atoms with Gasteiger partial charge in [-0.3, -0.25) is 19.7 Å². The number of likely N-dealkylation sites (N-methyl/N-ethyl adjacent to an activating group) is 1. The fourth-order valence-electron chi connectivity index (χ4n) is 2.00. The lowest BCUT2D eigenvalue weighted by molar-refractivity contribution is -0.385. The number of nitrogens with zero attached hydrogens (tertiary/aromatic N) is 4. The van der Waals surface area contributed by atoms with E-state index in [1.54, 1.807) is 9.80 Å². The van der Waals surface area contributed by atoms with Crippen LogP contribution in [0.3, 0.4) is 0 Å². The highest BCUT2D eigenvalue weighted by molar-refractivity contribution is 5.99. The average molecular weight is 279 g/mol. The van der Waals surface area contributed by atoms with E-state index in [9.17, 15) is 19.7 Å². The van der Waals surface area contributed by atoms with Crippen LogP contribution in [0.5, 0.6) is 0 Å². The van der Waals surface area contributed by atoms with E-state index in [4.69, 9.17) is 5.73 Å². The van der Waals surface area contributed by atoms with Gasteiger partial charge in [-0.2, -0.15) is 0 Å². The van der Waals surface area contributed by atoms with E-state index in [1.807, 2.05) is 6.92 Å². The van der Waals surface area contributed by atoms with Crippen LogP contribution in [0, 0.1) is 10.1 Å². The smallest absolute Gasteiger partial charge is 0.288 e. The molecule has 2 rings (SSSR count). The van der Waals surface area contributed by atoms with Crippen molar-refractivity contribution in [1.82, 2.24) is 9.88 Å². The number of rotatable bonds is 4. The van der Waals surface area contributed by atoms with E-state index < -0.39 is 10.8 Å². The number of amides is 2. The van der Waals surface area contributed by atoms with Crippen molar-refractivity contribution in [2.75, 3.05) is 24.7 Å². The number of aromatic nitrogens is 1. The number of anilines is 1. The van der Waals surface area contributed by atoms with Gasteiger partial charge < -0.3 is 15.5 Å². The van der Waals surface area contributed by atoms with Crippen LogP contribution in [0.2, 0.25) is 0 Å². The summed E-state index contributed by atoms with van der Waals surface area (Å²) in [6, 6.07) is 1.07. The summed E-state index contributed by atoms with van der Waals surface area (Å²) in [4.78, 5) is 40.2. The van der Waals surface area contributed by atoms with Gasteiger partial charge in [0.15, 0.2) is 0 Å². The Morgan fingerprint density at radius 1 is 1.60 bits per heavy atom. The van der Waals surface area contributed by atoms with E-state index >= 15 is 0 Å². The predicted molar refractivity (Wildman–Crippen MR) is 69.0 cm³/mol. The Balaban J connectivity index is 2.39. The molecule has 1 aliphatic rings. The molecule has 1 aromatic heterocycles. The molecule has 1 aliphatic heterocycles. The minimum Gasteiger partial charge on any atom is -0.365 e. The molecule has 1 aromatic rings. The molecule has 2 heterocycles. The van der Waals surface area contributed by atoms with Crippen LogP contribution in [0.15, 0.2) is 12.3 Å². The molecular weight excluding hydrogens is 266 g/mol. The zero-order valence-electron chi connectivity index (χ0n) is 10.8. The third-order valence-electron chi connectivity index (χ3n) is 3.03. The average Bonchev–Trinajstić information content (AvgIpc) is 2.79. The normalized spacial score (nSPS) is 14.8. The number of hydrogen-bond donors (Lipinski definition) is 1. The molecule has 0 saturated carbocycles. The first-order chi connectivity index (χ1) is 9.43. The van der Waals surface area contributed by atoms with Gasteiger partial charge in [-0.25, -0.2) is 4.98 Å². The first kappa shape index (κ1) is 13.7. The Morgan fingerprint density at radius 2 is 2.30 bits per heavy atom. The molecule has 9 nitrogen and oxygen atoms in total. The third kappa shape index (κ3) is 2.37. The molecule has 1 saturated heterocycles. The second-order valence-electron chi connectivity index (χ2n) is 4.28. The number of nitro groups is 1. The van der Waals surface area contributed by atoms with Crippen molar-refractivity contribution in [2.45, 2.75) is 6.92 Å². The van der Waals surface area contributed by atoms with E-state index in [0.29, 0.717) is 6.54 Å². The maximum Gasteiger partial charge on any atom is 0.288 e. The summed E-state index contributed by atoms with van der Waals surface area (Å²) in [6.45, 7) is 2.72. The van der Waals surface area contributed by atoms with Gasteiger partial charge in [0.05, 0.1) is 17.2 Å². The van der Waals surface area contributed by atoms with Crippen molar-refractivity contribution in [1.29, 1.82) is 0 Å². The molecule has 0 aliphatic carbocycles. The molecule has 106 valence electrons. The first-order valence-electron chi connectivity index (χ1n) is 5.91. The molecule has 20 heavy (non-hydrogen) atoms. The fraction of sp³-hybridized carbons (Fsp3) is 0.364. The Kier molecular flexibility index (Phi) is 3.51. The highest BCUT2D eigenvalue weighted by Crippen LogP contribution is 2.24. The van der Waals surface area contributed by atoms with Gasteiger partial charge >= 0.3 is 0 Å². The maximum absolute atomic E-state index is 11.7. The Labute approximate surface area is 114 Å². The van der Waals surface area contributed by atoms with Gasteiger partial charge in [-0.05, 0) is 6.92 Å². The SMILES string of the molecule is CCN1CN(c2ncc([N+](=O)[O-])cc2C(N)=O)CC1=O. The highest BCUT2D eigenvalue weighted by atomic mass is 16.6. The van der Waals surface area contributed by atoms with Crippen LogP contribution < -0.4 is 10.6 Å². The molecule has 1 fully saturated rings. The van der Waals surface area contributed by atoms with E-state index in [-0.39, 0.29) is 36.2 Å². The zero-order chi connectivity index (χ0) is 14.9. The first-order valence-corrected chi connectivity index (χ1v) is 5.91. The lowest BCUT2D eigenvalue weighted by Crippen LogP contribution is -2.28. The number of carbonyl (C=O) groups excluding carboxylic acids is 2. The third-order valence-corrected chi connectivity index (χ3v) is 3.03. The Bertz CT molecular complexity index is 588. The van der Waals surface area contributed by atoms with Crippen molar-refractivity contribution >= 4 is 23.3 Å². The van der Waals surface area contributed by atoms with Crippen LogP contribution in [0.25, 0.3) is 0 Å². The molecule has 9 heteroatoms. The van der Waals surface area contributed by atoms with Gasteiger partial charge in [-0.1, -0.05) is 0 Å². The van der Waals surface area contributed by atoms with Crippen molar-refractivity contribution in [3.8, 4) is 0 Å². The van der Waals surface area contributed by atoms with Crippen LogP contribution in [0.4, 0.5) is 11.5 Å². The highest BCUT2D eigenvalue weighted by Gasteiger charge is 2.30. The van der Waals surface area contributed by atoms with Gasteiger partial charge in [0.2, 0.25) is 5.91 Å². The second-order valence-corrected chi connectivity index (χ2v) is 4.28. The van der Waals surface area contributed by atoms with Gasteiger partial charge in [0, 0.05) is 12.6 Å². The summed E-state index contributed by atoms with van der Waals surface area (Å²) >= 11 is 0. The summed E-state index contributed by atoms with van der Waals surface area (Å²) in [5.41, 5.74) is 4.84. The van der Waals surface area contributed by atoms with Crippen molar-refractivity contribution < 1.29 is 14.5 Å². The monoisotopic (exact) mass is 279 g/mol. The van der Waals surface area contributed by atoms with Crippen LogP contribution >= 0.6 is 0 Å². The molecule has 2 amide bonds. The Hall–Kier alpha value is -2.71. The molecule has 0 bridgehead atoms. The van der Waals surface area contributed by atoms with Gasteiger partial charge in [0.25, 0.3) is 11.6 Å². The number of pyridine rings is 1. The summed E-state index contributed by atoms with van der Waals surface area (Å²) < 4.78 is 0. The van der Waals surface area contributed by atoms with Crippen LogP contribution in [-0.4, -0.2) is 46.4 Å². The van der Waals surface area contributed by atoms with Gasteiger partial charge in [-0.15, -0.1) is 0 Å². The van der Waals surface area contributed by atoms with Crippen molar-refractivity contribution in [3.63, 3.8) is 0 Å². The van der Waals surface area contributed by atoms with Crippen LogP contribution in [0.1, 0.15) is 17.3 Å². The number of hydrogen-bond acceptors (Lipinski definition) is 6. The fourth-order valence-corrected chi connectivity index (χ4v) is 2.00. The quantitative estimate of drug-likeness (QED) is 0.597. The topological polar surface area (TPSA) is 123 Å². The summed E-state index contributed by atoms with van der Waals surface area (Å²) in [6.07, 6.45) is 1.04. The lowest BCUT2D eigenvalue weighted by atomic mass is 10.2. The van der Waals surface area contributed by atoms with E-state index in [0.717, 1.165) is 12.3 Å². The van der Waals surface area contributed by atoms with E-state index in [1.165, 1.54) is 0 Å². The lowest BCUT2D eigenvalue weighted by Gasteiger charge is -2.19. The summed E-state index contributed by atoms with van der Waals surface area (Å²) in [5.74, 6) is -0.728. The van der Waals surface area contributed by atoms with Gasteiger partial charge in [0.1, 0.15) is 18.6 Å². The second kappa shape index (κ2) is 5.11. The number of nitrogens with two attached hydrogens (primary N) is 1.